The number of imidazole rings is 1. The fourth-order valence-corrected chi connectivity index (χ4v) is 2.20. The molecule has 3 rings (SSSR count). The summed E-state index contributed by atoms with van der Waals surface area (Å²) in [7, 11) is 0. The van der Waals surface area contributed by atoms with Gasteiger partial charge in [-0.25, -0.2) is 0 Å². The molecule has 0 bridgehead atoms. The highest BCUT2D eigenvalue weighted by atomic mass is 32.1. The number of benzene rings is 2. The van der Waals surface area contributed by atoms with Crippen molar-refractivity contribution in [3.8, 4) is 5.69 Å². The van der Waals surface area contributed by atoms with E-state index in [2.05, 4.69) is 23.2 Å². The van der Waals surface area contributed by atoms with Crippen LogP contribution in [0.2, 0.25) is 0 Å². The molecule has 0 aliphatic carbocycles. The summed E-state index contributed by atoms with van der Waals surface area (Å²) in [5.41, 5.74) is 3.26. The maximum absolute atomic E-state index is 5.34. The highest BCUT2D eigenvalue weighted by molar-refractivity contribution is 7.71. The molecule has 16 heavy (non-hydrogen) atoms. The first-order valence-corrected chi connectivity index (χ1v) is 5.52. The minimum Gasteiger partial charge on any atom is -0.330 e. The Labute approximate surface area is 98.2 Å². The number of rotatable bonds is 1. The van der Waals surface area contributed by atoms with Gasteiger partial charge in [0.05, 0.1) is 11.0 Å². The summed E-state index contributed by atoms with van der Waals surface area (Å²) < 4.78 is 2.78. The van der Waals surface area contributed by atoms with E-state index in [1.165, 1.54) is 0 Å². The SMILES string of the molecule is S=c1[nH]c2ccccc2n1-c1ccccc1. The van der Waals surface area contributed by atoms with Crippen molar-refractivity contribution in [1.29, 1.82) is 0 Å². The summed E-state index contributed by atoms with van der Waals surface area (Å²) in [6.07, 6.45) is 0. The molecule has 2 aromatic carbocycles. The molecule has 2 nitrogen and oxygen atoms in total. The summed E-state index contributed by atoms with van der Waals surface area (Å²) in [5, 5.41) is 0. The molecular weight excluding hydrogens is 216 g/mol. The molecule has 0 saturated carbocycles. The lowest BCUT2D eigenvalue weighted by molar-refractivity contribution is 1.06. The Morgan fingerprint density at radius 3 is 2.38 bits per heavy atom. The van der Waals surface area contributed by atoms with Crippen LogP contribution in [0.25, 0.3) is 16.7 Å². The van der Waals surface area contributed by atoms with E-state index in [-0.39, 0.29) is 0 Å². The van der Waals surface area contributed by atoms with E-state index in [0.717, 1.165) is 21.5 Å². The minimum absolute atomic E-state index is 0.729. The highest BCUT2D eigenvalue weighted by Crippen LogP contribution is 2.18. The zero-order valence-corrected chi connectivity index (χ0v) is 9.37. The molecule has 78 valence electrons. The molecule has 0 saturated heterocycles. The number of nitrogens with one attached hydrogen (secondary N) is 1. The van der Waals surface area contributed by atoms with Gasteiger partial charge in [0.1, 0.15) is 0 Å². The number of aromatic amines is 1. The van der Waals surface area contributed by atoms with E-state index in [4.69, 9.17) is 12.2 Å². The van der Waals surface area contributed by atoms with Crippen molar-refractivity contribution in [2.45, 2.75) is 0 Å². The Morgan fingerprint density at radius 1 is 0.875 bits per heavy atom. The van der Waals surface area contributed by atoms with Crippen LogP contribution in [0.3, 0.4) is 0 Å². The first kappa shape index (κ1) is 9.36. The lowest BCUT2D eigenvalue weighted by atomic mass is 10.3. The van der Waals surface area contributed by atoms with E-state index in [1.54, 1.807) is 0 Å². The highest BCUT2D eigenvalue weighted by Gasteiger charge is 2.04. The molecule has 3 aromatic rings. The summed E-state index contributed by atoms with van der Waals surface area (Å²) in [6.45, 7) is 0. The quantitative estimate of drug-likeness (QED) is 0.628. The van der Waals surface area contributed by atoms with Gasteiger partial charge >= 0.3 is 0 Å². The number of aromatic nitrogens is 2. The zero-order chi connectivity index (χ0) is 11.0. The summed E-state index contributed by atoms with van der Waals surface area (Å²) in [5.74, 6) is 0. The topological polar surface area (TPSA) is 20.7 Å². The average Bonchev–Trinajstić information content (AvgIpc) is 2.66. The van der Waals surface area contributed by atoms with E-state index >= 15 is 0 Å². The molecule has 0 aliphatic heterocycles. The van der Waals surface area contributed by atoms with Gasteiger partial charge in [0.2, 0.25) is 0 Å². The van der Waals surface area contributed by atoms with Gasteiger partial charge in [-0.15, -0.1) is 0 Å². The van der Waals surface area contributed by atoms with Gasteiger partial charge in [-0.05, 0) is 36.5 Å². The van der Waals surface area contributed by atoms with Crippen LogP contribution in [-0.2, 0) is 0 Å². The zero-order valence-electron chi connectivity index (χ0n) is 8.55. The summed E-state index contributed by atoms with van der Waals surface area (Å²) >= 11 is 5.34. The Hall–Kier alpha value is -1.87. The molecule has 1 N–H and O–H groups in total. The van der Waals surface area contributed by atoms with Crippen LogP contribution in [0.4, 0.5) is 0 Å². The maximum Gasteiger partial charge on any atom is 0.182 e. The van der Waals surface area contributed by atoms with Gasteiger partial charge in [-0.3, -0.25) is 4.57 Å². The lowest BCUT2D eigenvalue weighted by Crippen LogP contribution is -1.92. The van der Waals surface area contributed by atoms with E-state index in [1.807, 2.05) is 41.0 Å². The second-order valence-electron chi connectivity index (χ2n) is 3.62. The van der Waals surface area contributed by atoms with Crippen LogP contribution < -0.4 is 0 Å². The predicted molar refractivity (Wildman–Crippen MR) is 68.5 cm³/mol. The molecule has 0 amide bonds. The van der Waals surface area contributed by atoms with Gasteiger partial charge in [0.15, 0.2) is 4.77 Å². The van der Waals surface area contributed by atoms with Crippen LogP contribution >= 0.6 is 12.2 Å². The largest absolute Gasteiger partial charge is 0.330 e. The standard InChI is InChI=1S/C13H10N2S/c16-13-14-11-8-4-5-9-12(11)15(13)10-6-2-1-3-7-10/h1-9H,(H,14,16). The lowest BCUT2D eigenvalue weighted by Gasteiger charge is -2.03. The number of hydrogen-bond acceptors (Lipinski definition) is 1. The first-order chi connectivity index (χ1) is 7.86. The van der Waals surface area contributed by atoms with Crippen LogP contribution in [-0.4, -0.2) is 9.55 Å². The van der Waals surface area contributed by atoms with Gasteiger partial charge in [0, 0.05) is 5.69 Å². The van der Waals surface area contributed by atoms with E-state index < -0.39 is 0 Å². The molecular formula is C13H10N2S. The van der Waals surface area contributed by atoms with Crippen molar-refractivity contribution >= 4 is 23.3 Å². The third-order valence-corrected chi connectivity index (χ3v) is 2.89. The monoisotopic (exact) mass is 226 g/mol. The fourth-order valence-electron chi connectivity index (χ4n) is 1.89. The Bertz CT molecular complexity index is 680. The van der Waals surface area contributed by atoms with Crippen molar-refractivity contribution < 1.29 is 0 Å². The number of nitrogens with zero attached hydrogens (tertiary/aromatic N) is 1. The van der Waals surface area contributed by atoms with Crippen molar-refractivity contribution in [1.82, 2.24) is 9.55 Å². The summed E-state index contributed by atoms with van der Waals surface area (Å²) in [4.78, 5) is 3.20. The maximum atomic E-state index is 5.34. The van der Waals surface area contributed by atoms with E-state index in [0.29, 0.717) is 0 Å². The number of fused-ring (bicyclic) bond motifs is 1. The van der Waals surface area contributed by atoms with Crippen molar-refractivity contribution in [2.75, 3.05) is 0 Å². The van der Waals surface area contributed by atoms with Crippen LogP contribution in [0.5, 0.6) is 0 Å². The second kappa shape index (κ2) is 3.61. The van der Waals surface area contributed by atoms with Crippen molar-refractivity contribution in [3.63, 3.8) is 0 Å². The predicted octanol–water partition coefficient (Wildman–Crippen LogP) is 3.69. The smallest absolute Gasteiger partial charge is 0.182 e. The number of H-pyrrole nitrogens is 1. The normalized spacial score (nSPS) is 10.8. The Kier molecular flexibility index (Phi) is 2.11. The molecule has 0 aliphatic rings. The van der Waals surface area contributed by atoms with Crippen LogP contribution in [0.1, 0.15) is 0 Å². The van der Waals surface area contributed by atoms with Crippen LogP contribution in [0, 0.1) is 4.77 Å². The molecule has 0 radical (unpaired) electrons. The van der Waals surface area contributed by atoms with Gasteiger partial charge < -0.3 is 4.98 Å². The Morgan fingerprint density at radius 2 is 1.56 bits per heavy atom. The van der Waals surface area contributed by atoms with E-state index in [9.17, 15) is 0 Å². The molecule has 0 spiro atoms. The average molecular weight is 226 g/mol. The third kappa shape index (κ3) is 1.37. The van der Waals surface area contributed by atoms with Crippen LogP contribution in [0.15, 0.2) is 54.6 Å². The molecule has 0 unspecified atom stereocenters. The molecule has 0 fully saturated rings. The second-order valence-corrected chi connectivity index (χ2v) is 4.00. The number of para-hydroxylation sites is 3. The van der Waals surface area contributed by atoms with Crippen molar-refractivity contribution in [2.24, 2.45) is 0 Å². The summed E-state index contributed by atoms with van der Waals surface area (Å²) in [6, 6.07) is 18.2. The fraction of sp³-hybridized carbons (Fsp3) is 0. The first-order valence-electron chi connectivity index (χ1n) is 5.11. The Balaban J connectivity index is 2.40. The molecule has 3 heteroatoms. The van der Waals surface area contributed by atoms with Gasteiger partial charge in [0.25, 0.3) is 0 Å². The van der Waals surface area contributed by atoms with Gasteiger partial charge in [-0.2, -0.15) is 0 Å². The van der Waals surface area contributed by atoms with Crippen molar-refractivity contribution in [3.05, 3.63) is 59.4 Å². The molecule has 1 heterocycles. The molecule has 0 atom stereocenters. The number of hydrogen-bond donors (Lipinski definition) is 1. The molecule has 1 aromatic heterocycles. The third-order valence-electron chi connectivity index (χ3n) is 2.60. The van der Waals surface area contributed by atoms with Gasteiger partial charge in [-0.1, -0.05) is 30.3 Å². The minimum atomic E-state index is 0.729.